The quantitative estimate of drug-likeness (QED) is 0.610. The highest BCUT2D eigenvalue weighted by Crippen LogP contribution is 2.29. The molecule has 26 heavy (non-hydrogen) atoms. The van der Waals surface area contributed by atoms with Gasteiger partial charge in [0.05, 0.1) is 5.69 Å². The summed E-state index contributed by atoms with van der Waals surface area (Å²) in [5.74, 6) is 0.725. The molecule has 3 aromatic rings. The van der Waals surface area contributed by atoms with Crippen LogP contribution >= 0.6 is 11.3 Å². The van der Waals surface area contributed by atoms with Crippen LogP contribution in [-0.2, 0) is 11.2 Å². The van der Waals surface area contributed by atoms with Gasteiger partial charge in [-0.3, -0.25) is 9.20 Å². The number of carbonyl (C=O) groups excluding carboxylic acids is 1. The van der Waals surface area contributed by atoms with Crippen molar-refractivity contribution in [2.24, 2.45) is 5.92 Å². The van der Waals surface area contributed by atoms with E-state index in [0.29, 0.717) is 24.3 Å². The van der Waals surface area contributed by atoms with E-state index in [9.17, 15) is 4.79 Å². The molecule has 0 N–H and O–H groups in total. The summed E-state index contributed by atoms with van der Waals surface area (Å²) in [5, 5.41) is 2.18. The maximum atomic E-state index is 12.6. The molecule has 4 rings (SSSR count). The molecule has 1 aliphatic rings. The Bertz CT molecular complexity index is 893. The molecule has 0 aliphatic heterocycles. The van der Waals surface area contributed by atoms with E-state index in [4.69, 9.17) is 4.98 Å². The van der Waals surface area contributed by atoms with Gasteiger partial charge in [0.1, 0.15) is 0 Å². The Hall–Kier alpha value is -2.14. The molecule has 0 radical (unpaired) electrons. The molecule has 1 amide bonds. The smallest absolute Gasteiger partial charge is 0.223 e. The van der Waals surface area contributed by atoms with Crippen LogP contribution in [0.15, 0.2) is 41.9 Å². The monoisotopic (exact) mass is 367 g/mol. The fraction of sp³-hybridized carbons (Fsp3) is 0.429. The van der Waals surface area contributed by atoms with Gasteiger partial charge in [-0.05, 0) is 18.8 Å². The topological polar surface area (TPSA) is 37.6 Å². The molecule has 0 spiro atoms. The molecule has 1 fully saturated rings. The highest BCUT2D eigenvalue weighted by Gasteiger charge is 2.32. The molecule has 1 aromatic carbocycles. The minimum absolute atomic E-state index is 0.310. The molecule has 136 valence electrons. The Morgan fingerprint density at radius 1 is 1.31 bits per heavy atom. The fourth-order valence-corrected chi connectivity index (χ4v) is 4.26. The van der Waals surface area contributed by atoms with Crippen molar-refractivity contribution in [2.45, 2.75) is 45.6 Å². The van der Waals surface area contributed by atoms with Gasteiger partial charge in [-0.25, -0.2) is 4.98 Å². The van der Waals surface area contributed by atoms with Crippen LogP contribution in [0.1, 0.15) is 38.8 Å². The first-order valence-corrected chi connectivity index (χ1v) is 10.3. The number of hydrogen-bond donors (Lipinski definition) is 0. The molecular formula is C21H25N3OS. The summed E-state index contributed by atoms with van der Waals surface area (Å²) in [5.41, 5.74) is 3.39. The third kappa shape index (κ3) is 3.68. The van der Waals surface area contributed by atoms with E-state index in [0.717, 1.165) is 42.0 Å². The van der Waals surface area contributed by atoms with Crippen molar-refractivity contribution in [1.29, 1.82) is 0 Å². The number of benzene rings is 1. The number of amides is 1. The second kappa shape index (κ2) is 7.23. The van der Waals surface area contributed by atoms with Crippen LogP contribution in [-0.4, -0.2) is 32.8 Å². The molecule has 4 nitrogen and oxygen atoms in total. The van der Waals surface area contributed by atoms with E-state index >= 15 is 0 Å². The lowest BCUT2D eigenvalue weighted by molar-refractivity contribution is -0.132. The fourth-order valence-electron chi connectivity index (χ4n) is 3.36. The average molecular weight is 368 g/mol. The van der Waals surface area contributed by atoms with Gasteiger partial charge in [0.15, 0.2) is 4.96 Å². The van der Waals surface area contributed by atoms with Crippen LogP contribution in [0.25, 0.3) is 16.2 Å². The summed E-state index contributed by atoms with van der Waals surface area (Å²) in [4.78, 5) is 20.4. The lowest BCUT2D eigenvalue weighted by Crippen LogP contribution is -2.35. The van der Waals surface area contributed by atoms with E-state index in [1.807, 2.05) is 18.2 Å². The van der Waals surface area contributed by atoms with Crippen molar-refractivity contribution < 1.29 is 4.79 Å². The van der Waals surface area contributed by atoms with Gasteiger partial charge in [-0.1, -0.05) is 44.2 Å². The Labute approximate surface area is 158 Å². The molecule has 1 aliphatic carbocycles. The molecule has 1 saturated carbocycles. The largest absolute Gasteiger partial charge is 0.339 e. The highest BCUT2D eigenvalue weighted by atomic mass is 32.1. The Kier molecular flexibility index (Phi) is 4.81. The molecule has 0 atom stereocenters. The number of hydrogen-bond acceptors (Lipinski definition) is 3. The predicted molar refractivity (Wildman–Crippen MR) is 106 cm³/mol. The Morgan fingerprint density at radius 2 is 2.08 bits per heavy atom. The molecule has 0 saturated heterocycles. The second-order valence-electron chi connectivity index (χ2n) is 7.54. The van der Waals surface area contributed by atoms with Crippen molar-refractivity contribution >= 4 is 22.2 Å². The van der Waals surface area contributed by atoms with Crippen LogP contribution in [0.4, 0.5) is 0 Å². The molecule has 0 unspecified atom stereocenters. The van der Waals surface area contributed by atoms with Crippen LogP contribution in [0.5, 0.6) is 0 Å². The SMILES string of the molecule is CC(C)CC(=O)N(CCc1csc2nc(-c3ccccc3)cn12)C1CC1. The van der Waals surface area contributed by atoms with Crippen LogP contribution in [0.3, 0.4) is 0 Å². The summed E-state index contributed by atoms with van der Waals surface area (Å²) in [6.07, 6.45) is 5.97. The maximum Gasteiger partial charge on any atom is 0.223 e. The van der Waals surface area contributed by atoms with E-state index in [1.165, 1.54) is 5.69 Å². The van der Waals surface area contributed by atoms with Gasteiger partial charge >= 0.3 is 0 Å². The average Bonchev–Trinajstić information content (AvgIpc) is 3.25. The minimum Gasteiger partial charge on any atom is -0.339 e. The van der Waals surface area contributed by atoms with Crippen LogP contribution in [0.2, 0.25) is 0 Å². The summed E-state index contributed by atoms with van der Waals surface area (Å²) in [7, 11) is 0. The molecule has 0 bridgehead atoms. The number of aromatic nitrogens is 2. The molecule has 5 heteroatoms. The van der Waals surface area contributed by atoms with Crippen molar-refractivity contribution in [3.8, 4) is 11.3 Å². The minimum atomic E-state index is 0.310. The zero-order valence-electron chi connectivity index (χ0n) is 15.4. The lowest BCUT2D eigenvalue weighted by atomic mass is 10.1. The molecular weight excluding hydrogens is 342 g/mol. The Balaban J connectivity index is 1.50. The molecule has 2 aromatic heterocycles. The predicted octanol–water partition coefficient (Wildman–Crippen LogP) is 4.64. The third-order valence-electron chi connectivity index (χ3n) is 4.85. The maximum absolute atomic E-state index is 12.6. The number of fused-ring (bicyclic) bond motifs is 1. The van der Waals surface area contributed by atoms with Crippen molar-refractivity contribution in [3.05, 3.63) is 47.6 Å². The highest BCUT2D eigenvalue weighted by molar-refractivity contribution is 7.15. The van der Waals surface area contributed by atoms with Crippen molar-refractivity contribution in [3.63, 3.8) is 0 Å². The van der Waals surface area contributed by atoms with E-state index in [-0.39, 0.29) is 0 Å². The number of imidazole rings is 1. The van der Waals surface area contributed by atoms with Crippen LogP contribution < -0.4 is 0 Å². The van der Waals surface area contributed by atoms with E-state index in [1.54, 1.807) is 11.3 Å². The van der Waals surface area contributed by atoms with Gasteiger partial charge in [0, 0.05) is 48.3 Å². The molecule has 2 heterocycles. The summed E-state index contributed by atoms with van der Waals surface area (Å²) in [6.45, 7) is 5.03. The summed E-state index contributed by atoms with van der Waals surface area (Å²) in [6, 6.07) is 10.7. The second-order valence-corrected chi connectivity index (χ2v) is 8.37. The first-order valence-electron chi connectivity index (χ1n) is 9.42. The first kappa shape index (κ1) is 17.3. The van der Waals surface area contributed by atoms with E-state index < -0.39 is 0 Å². The zero-order valence-corrected chi connectivity index (χ0v) is 16.2. The van der Waals surface area contributed by atoms with Gasteiger partial charge < -0.3 is 4.90 Å². The number of thiazole rings is 1. The summed E-state index contributed by atoms with van der Waals surface area (Å²) >= 11 is 1.67. The van der Waals surface area contributed by atoms with Gasteiger partial charge in [-0.2, -0.15) is 0 Å². The standard InChI is InChI=1S/C21H25N3OS/c1-15(2)12-20(25)23(17-8-9-17)11-10-18-14-26-21-22-19(13-24(18)21)16-6-4-3-5-7-16/h3-7,13-15,17H,8-12H2,1-2H3. The number of nitrogens with zero attached hydrogens (tertiary/aromatic N) is 3. The zero-order chi connectivity index (χ0) is 18.1. The number of rotatable bonds is 7. The first-order chi connectivity index (χ1) is 12.6. The van der Waals surface area contributed by atoms with Crippen molar-refractivity contribution in [2.75, 3.05) is 6.54 Å². The van der Waals surface area contributed by atoms with Crippen molar-refractivity contribution in [1.82, 2.24) is 14.3 Å². The summed E-state index contributed by atoms with van der Waals surface area (Å²) < 4.78 is 2.19. The van der Waals surface area contributed by atoms with E-state index in [2.05, 4.69) is 46.9 Å². The van der Waals surface area contributed by atoms with Crippen LogP contribution in [0, 0.1) is 5.92 Å². The van der Waals surface area contributed by atoms with Gasteiger partial charge in [-0.15, -0.1) is 11.3 Å². The van der Waals surface area contributed by atoms with Gasteiger partial charge in [0.2, 0.25) is 5.91 Å². The normalized spacial score (nSPS) is 14.3. The lowest BCUT2D eigenvalue weighted by Gasteiger charge is -2.23. The Morgan fingerprint density at radius 3 is 2.77 bits per heavy atom. The third-order valence-corrected chi connectivity index (χ3v) is 5.74. The van der Waals surface area contributed by atoms with Gasteiger partial charge in [0.25, 0.3) is 0 Å². The number of carbonyl (C=O) groups is 1.